The standard InChI is InChI=1S/C11H14ClNO3/c12-3-1-2-4-13-11(16)8-5-9(14)7-10(15)6-8/h5-7,14-15H,1-4H2,(H,13,16). The van der Waals surface area contributed by atoms with E-state index >= 15 is 0 Å². The predicted octanol–water partition coefficient (Wildman–Crippen LogP) is 1.85. The van der Waals surface area contributed by atoms with Crippen LogP contribution in [0.25, 0.3) is 0 Å². The quantitative estimate of drug-likeness (QED) is 0.546. The van der Waals surface area contributed by atoms with Crippen molar-refractivity contribution >= 4 is 17.5 Å². The largest absolute Gasteiger partial charge is 0.508 e. The third-order valence-electron chi connectivity index (χ3n) is 2.01. The number of carbonyl (C=O) groups is 1. The van der Waals surface area contributed by atoms with Crippen molar-refractivity contribution in [2.24, 2.45) is 0 Å². The van der Waals surface area contributed by atoms with Gasteiger partial charge in [-0.05, 0) is 25.0 Å². The van der Waals surface area contributed by atoms with Gasteiger partial charge in [0.05, 0.1) is 0 Å². The molecule has 0 heterocycles. The first kappa shape index (κ1) is 12.6. The number of halogens is 1. The van der Waals surface area contributed by atoms with Crippen LogP contribution in [0.5, 0.6) is 11.5 Å². The van der Waals surface area contributed by atoms with Gasteiger partial charge < -0.3 is 15.5 Å². The third kappa shape index (κ3) is 3.98. The smallest absolute Gasteiger partial charge is 0.251 e. The summed E-state index contributed by atoms with van der Waals surface area (Å²) in [6, 6.07) is 3.78. The highest BCUT2D eigenvalue weighted by atomic mass is 35.5. The molecule has 0 saturated carbocycles. The van der Waals surface area contributed by atoms with E-state index in [1.165, 1.54) is 18.2 Å². The van der Waals surface area contributed by atoms with Crippen LogP contribution in [0.15, 0.2) is 18.2 Å². The van der Waals surface area contributed by atoms with Crippen LogP contribution in [-0.2, 0) is 0 Å². The van der Waals surface area contributed by atoms with Gasteiger partial charge in [-0.25, -0.2) is 0 Å². The van der Waals surface area contributed by atoms with Crippen molar-refractivity contribution in [3.05, 3.63) is 23.8 Å². The summed E-state index contributed by atoms with van der Waals surface area (Å²) in [5.41, 5.74) is 0.239. The van der Waals surface area contributed by atoms with Crippen molar-refractivity contribution in [1.29, 1.82) is 0 Å². The van der Waals surface area contributed by atoms with Crippen LogP contribution in [-0.4, -0.2) is 28.5 Å². The van der Waals surface area contributed by atoms with Gasteiger partial charge in [-0.1, -0.05) is 0 Å². The number of carbonyl (C=O) groups excluding carboxylic acids is 1. The molecule has 0 unspecified atom stereocenters. The Balaban J connectivity index is 2.52. The molecule has 1 aromatic carbocycles. The van der Waals surface area contributed by atoms with E-state index in [0.717, 1.165) is 12.8 Å². The summed E-state index contributed by atoms with van der Waals surface area (Å²) in [5.74, 6) is -0.0134. The number of nitrogens with one attached hydrogen (secondary N) is 1. The van der Waals surface area contributed by atoms with E-state index in [1.807, 2.05) is 0 Å². The van der Waals surface area contributed by atoms with Crippen LogP contribution in [0.4, 0.5) is 0 Å². The molecule has 0 aliphatic carbocycles. The average Bonchev–Trinajstić information content (AvgIpc) is 2.22. The van der Waals surface area contributed by atoms with Crippen LogP contribution in [0.2, 0.25) is 0 Å². The molecule has 0 radical (unpaired) electrons. The first-order chi connectivity index (χ1) is 7.63. The normalized spacial score (nSPS) is 10.1. The first-order valence-electron chi connectivity index (χ1n) is 5.00. The summed E-state index contributed by atoms with van der Waals surface area (Å²) in [7, 11) is 0. The summed E-state index contributed by atoms with van der Waals surface area (Å²) >= 11 is 5.50. The Bertz CT molecular complexity index is 348. The summed E-state index contributed by atoms with van der Waals surface area (Å²) in [4.78, 5) is 11.5. The van der Waals surface area contributed by atoms with Crippen LogP contribution < -0.4 is 5.32 Å². The Kier molecular flexibility index (Phi) is 4.92. The topological polar surface area (TPSA) is 69.6 Å². The van der Waals surface area contributed by atoms with Gasteiger partial charge in [0.15, 0.2) is 0 Å². The predicted molar refractivity (Wildman–Crippen MR) is 62.1 cm³/mol. The van der Waals surface area contributed by atoms with Crippen molar-refractivity contribution in [3.8, 4) is 11.5 Å². The van der Waals surface area contributed by atoms with Gasteiger partial charge in [0.25, 0.3) is 5.91 Å². The van der Waals surface area contributed by atoms with Gasteiger partial charge in [-0.15, -0.1) is 11.6 Å². The Morgan fingerprint density at radius 1 is 1.19 bits per heavy atom. The molecule has 0 atom stereocenters. The SMILES string of the molecule is O=C(NCCCCCl)c1cc(O)cc(O)c1. The molecule has 0 aliphatic heterocycles. The molecular formula is C11H14ClNO3. The summed E-state index contributed by atoms with van der Waals surface area (Å²) in [6.07, 6.45) is 1.65. The summed E-state index contributed by atoms with van der Waals surface area (Å²) in [6.45, 7) is 0.530. The average molecular weight is 244 g/mol. The number of rotatable bonds is 5. The molecule has 1 amide bonds. The van der Waals surface area contributed by atoms with Gasteiger partial charge in [0.2, 0.25) is 0 Å². The van der Waals surface area contributed by atoms with Crippen molar-refractivity contribution in [3.63, 3.8) is 0 Å². The number of aromatic hydroxyl groups is 2. The minimum Gasteiger partial charge on any atom is -0.508 e. The molecule has 5 heteroatoms. The second-order valence-electron chi connectivity index (χ2n) is 3.39. The zero-order chi connectivity index (χ0) is 12.0. The Morgan fingerprint density at radius 2 is 1.81 bits per heavy atom. The van der Waals surface area contributed by atoms with E-state index in [0.29, 0.717) is 12.4 Å². The number of phenolic OH excluding ortho intramolecular Hbond substituents is 2. The van der Waals surface area contributed by atoms with E-state index in [1.54, 1.807) is 0 Å². The second-order valence-corrected chi connectivity index (χ2v) is 3.77. The lowest BCUT2D eigenvalue weighted by Crippen LogP contribution is -2.24. The molecular weight excluding hydrogens is 230 g/mol. The Morgan fingerprint density at radius 3 is 2.38 bits per heavy atom. The number of phenols is 2. The van der Waals surface area contributed by atoms with Gasteiger partial charge in [0.1, 0.15) is 11.5 Å². The van der Waals surface area contributed by atoms with Crippen LogP contribution >= 0.6 is 11.6 Å². The van der Waals surface area contributed by atoms with E-state index in [4.69, 9.17) is 11.6 Å². The summed E-state index contributed by atoms with van der Waals surface area (Å²) in [5, 5.41) is 21.1. The lowest BCUT2D eigenvalue weighted by molar-refractivity contribution is 0.0952. The fourth-order valence-corrected chi connectivity index (χ4v) is 1.44. The van der Waals surface area contributed by atoms with Crippen LogP contribution in [0.1, 0.15) is 23.2 Å². The highest BCUT2D eigenvalue weighted by molar-refractivity contribution is 6.17. The molecule has 3 N–H and O–H groups in total. The molecule has 4 nitrogen and oxygen atoms in total. The second kappa shape index (κ2) is 6.23. The lowest BCUT2D eigenvalue weighted by atomic mass is 10.2. The number of amides is 1. The van der Waals surface area contributed by atoms with E-state index < -0.39 is 0 Å². The van der Waals surface area contributed by atoms with Gasteiger partial charge in [-0.3, -0.25) is 4.79 Å². The maximum absolute atomic E-state index is 11.5. The molecule has 0 aromatic heterocycles. The first-order valence-corrected chi connectivity index (χ1v) is 5.54. The van der Waals surface area contributed by atoms with E-state index in [2.05, 4.69) is 5.32 Å². The van der Waals surface area contributed by atoms with Gasteiger partial charge in [-0.2, -0.15) is 0 Å². The fraction of sp³-hybridized carbons (Fsp3) is 0.364. The maximum atomic E-state index is 11.5. The van der Waals surface area contributed by atoms with E-state index in [-0.39, 0.29) is 23.0 Å². The molecule has 0 fully saturated rings. The molecule has 0 saturated heterocycles. The van der Waals surface area contributed by atoms with Crippen molar-refractivity contribution in [2.75, 3.05) is 12.4 Å². The number of hydrogen-bond donors (Lipinski definition) is 3. The minimum absolute atomic E-state index is 0.133. The molecule has 0 bridgehead atoms. The third-order valence-corrected chi connectivity index (χ3v) is 2.28. The highest BCUT2D eigenvalue weighted by Crippen LogP contribution is 2.20. The lowest BCUT2D eigenvalue weighted by Gasteiger charge is -2.05. The van der Waals surface area contributed by atoms with Crippen LogP contribution in [0.3, 0.4) is 0 Å². The van der Waals surface area contributed by atoms with Gasteiger partial charge in [0, 0.05) is 24.1 Å². The zero-order valence-electron chi connectivity index (χ0n) is 8.74. The molecule has 0 spiro atoms. The van der Waals surface area contributed by atoms with Crippen molar-refractivity contribution in [1.82, 2.24) is 5.32 Å². The summed E-state index contributed by atoms with van der Waals surface area (Å²) < 4.78 is 0. The molecule has 16 heavy (non-hydrogen) atoms. The van der Waals surface area contributed by atoms with Crippen molar-refractivity contribution in [2.45, 2.75) is 12.8 Å². The van der Waals surface area contributed by atoms with Crippen molar-refractivity contribution < 1.29 is 15.0 Å². The number of unbranched alkanes of at least 4 members (excludes halogenated alkanes) is 1. The van der Waals surface area contributed by atoms with Crippen LogP contribution in [0, 0.1) is 0 Å². The number of benzene rings is 1. The van der Waals surface area contributed by atoms with E-state index in [9.17, 15) is 15.0 Å². The Hall–Kier alpha value is -1.42. The molecule has 88 valence electrons. The number of hydrogen-bond acceptors (Lipinski definition) is 3. The number of alkyl halides is 1. The monoisotopic (exact) mass is 243 g/mol. The fourth-order valence-electron chi connectivity index (χ4n) is 1.25. The minimum atomic E-state index is -0.319. The zero-order valence-corrected chi connectivity index (χ0v) is 9.50. The molecule has 1 rings (SSSR count). The van der Waals surface area contributed by atoms with Gasteiger partial charge >= 0.3 is 0 Å². The Labute approximate surface area is 98.9 Å². The molecule has 1 aromatic rings. The maximum Gasteiger partial charge on any atom is 0.251 e. The highest BCUT2D eigenvalue weighted by Gasteiger charge is 2.07. The molecule has 0 aliphatic rings.